The molecule has 0 saturated heterocycles. The van der Waals surface area contributed by atoms with Crippen molar-refractivity contribution in [1.82, 2.24) is 0 Å². The summed E-state index contributed by atoms with van der Waals surface area (Å²) >= 11 is 0. The van der Waals surface area contributed by atoms with E-state index >= 15 is 0 Å². The summed E-state index contributed by atoms with van der Waals surface area (Å²) in [6.07, 6.45) is 3.00. The Bertz CT molecular complexity index is 933. The van der Waals surface area contributed by atoms with Crippen LogP contribution in [0.15, 0.2) is 69.9 Å². The Kier molecular flexibility index (Phi) is 4.06. The molecule has 0 fully saturated rings. The van der Waals surface area contributed by atoms with Gasteiger partial charge in [0.2, 0.25) is 0 Å². The molecule has 0 atom stereocenters. The predicted octanol–water partition coefficient (Wildman–Crippen LogP) is 3.65. The molecule has 0 spiro atoms. The maximum Gasteiger partial charge on any atom is 0.344 e. The second-order valence-electron chi connectivity index (χ2n) is 4.96. The predicted molar refractivity (Wildman–Crippen MR) is 89.0 cm³/mol. The fraction of sp³-hybridized carbons (Fsp3) is 0.0526. The van der Waals surface area contributed by atoms with Gasteiger partial charge in [0.1, 0.15) is 5.58 Å². The monoisotopic (exact) mass is 306 g/mol. The summed E-state index contributed by atoms with van der Waals surface area (Å²) in [5, 5.41) is 0.872. The van der Waals surface area contributed by atoms with E-state index in [4.69, 9.17) is 4.42 Å². The first-order valence-corrected chi connectivity index (χ1v) is 7.07. The Hall–Kier alpha value is -3.14. The normalized spacial score (nSPS) is 11.0. The number of esters is 1. The van der Waals surface area contributed by atoms with Crippen LogP contribution in [0.25, 0.3) is 28.2 Å². The molecule has 0 bridgehead atoms. The van der Waals surface area contributed by atoms with Gasteiger partial charge in [0.05, 0.1) is 12.7 Å². The number of rotatable bonds is 3. The average molecular weight is 306 g/mol. The van der Waals surface area contributed by atoms with E-state index in [0.29, 0.717) is 11.1 Å². The molecular formula is C19H14O4. The van der Waals surface area contributed by atoms with Crippen molar-refractivity contribution in [3.05, 3.63) is 76.7 Å². The number of benzene rings is 2. The van der Waals surface area contributed by atoms with Crippen molar-refractivity contribution in [3.63, 3.8) is 0 Å². The zero-order valence-corrected chi connectivity index (χ0v) is 12.5. The molecule has 3 aromatic rings. The summed E-state index contributed by atoms with van der Waals surface area (Å²) in [4.78, 5) is 23.2. The van der Waals surface area contributed by atoms with Gasteiger partial charge >= 0.3 is 11.6 Å². The lowest BCUT2D eigenvalue weighted by Gasteiger charge is -2.03. The van der Waals surface area contributed by atoms with Crippen LogP contribution in [0.3, 0.4) is 0 Å². The Morgan fingerprint density at radius 3 is 2.57 bits per heavy atom. The van der Waals surface area contributed by atoms with Gasteiger partial charge in [-0.2, -0.15) is 0 Å². The molecule has 4 nitrogen and oxygen atoms in total. The molecule has 0 radical (unpaired) electrons. The number of fused-ring (bicyclic) bond motifs is 1. The van der Waals surface area contributed by atoms with E-state index in [9.17, 15) is 9.59 Å². The number of hydrogen-bond donors (Lipinski definition) is 0. The van der Waals surface area contributed by atoms with Crippen molar-refractivity contribution in [2.75, 3.05) is 7.11 Å². The lowest BCUT2D eigenvalue weighted by Crippen LogP contribution is -2.02. The van der Waals surface area contributed by atoms with Crippen LogP contribution >= 0.6 is 0 Å². The molecule has 0 unspecified atom stereocenters. The number of para-hydroxylation sites is 1. The molecule has 0 amide bonds. The molecule has 1 heterocycles. The van der Waals surface area contributed by atoms with E-state index in [1.807, 2.05) is 48.5 Å². The van der Waals surface area contributed by atoms with Gasteiger partial charge in [-0.25, -0.2) is 9.59 Å². The number of methoxy groups -OCH3 is 1. The van der Waals surface area contributed by atoms with E-state index in [1.54, 1.807) is 12.1 Å². The molecule has 0 aliphatic rings. The highest BCUT2D eigenvalue weighted by Crippen LogP contribution is 2.21. The summed E-state index contributed by atoms with van der Waals surface area (Å²) in [6.45, 7) is 0. The highest BCUT2D eigenvalue weighted by Gasteiger charge is 2.07. The fourth-order valence-electron chi connectivity index (χ4n) is 2.27. The minimum Gasteiger partial charge on any atom is -0.466 e. The van der Waals surface area contributed by atoms with Gasteiger partial charge in [-0.15, -0.1) is 0 Å². The van der Waals surface area contributed by atoms with Crippen LogP contribution in [0.1, 0.15) is 5.56 Å². The summed E-state index contributed by atoms with van der Waals surface area (Å²) in [5.41, 5.74) is 2.30. The number of hydrogen-bond acceptors (Lipinski definition) is 4. The van der Waals surface area contributed by atoms with Gasteiger partial charge in [-0.3, -0.25) is 0 Å². The molecule has 0 aliphatic carbocycles. The zero-order valence-electron chi connectivity index (χ0n) is 12.5. The lowest BCUT2D eigenvalue weighted by molar-refractivity contribution is -0.134. The third-order valence-electron chi connectivity index (χ3n) is 3.48. The largest absolute Gasteiger partial charge is 0.466 e. The van der Waals surface area contributed by atoms with Crippen LogP contribution in [-0.4, -0.2) is 13.1 Å². The van der Waals surface area contributed by atoms with Crippen LogP contribution in [0.5, 0.6) is 0 Å². The first-order valence-electron chi connectivity index (χ1n) is 7.07. The van der Waals surface area contributed by atoms with Gasteiger partial charge in [0, 0.05) is 11.5 Å². The first-order chi connectivity index (χ1) is 11.2. The highest BCUT2D eigenvalue weighted by atomic mass is 16.5. The Morgan fingerprint density at radius 2 is 1.83 bits per heavy atom. The molecule has 4 heteroatoms. The minimum absolute atomic E-state index is 0.374. The van der Waals surface area contributed by atoms with Crippen molar-refractivity contribution in [2.45, 2.75) is 0 Å². The molecule has 0 aliphatic heterocycles. The van der Waals surface area contributed by atoms with Crippen LogP contribution in [0, 0.1) is 0 Å². The Morgan fingerprint density at radius 1 is 1.09 bits per heavy atom. The van der Waals surface area contributed by atoms with E-state index in [0.717, 1.165) is 16.5 Å². The highest BCUT2D eigenvalue weighted by molar-refractivity contribution is 5.87. The second kappa shape index (κ2) is 6.32. The summed E-state index contributed by atoms with van der Waals surface area (Å²) in [5.74, 6) is -0.413. The van der Waals surface area contributed by atoms with E-state index in [-0.39, 0.29) is 5.63 Å². The number of carbonyl (C=O) groups excluding carboxylic acids is 1. The molecular weight excluding hydrogens is 292 g/mol. The van der Waals surface area contributed by atoms with Crippen molar-refractivity contribution < 1.29 is 13.9 Å². The minimum atomic E-state index is -0.413. The van der Waals surface area contributed by atoms with E-state index in [2.05, 4.69) is 4.74 Å². The first kappa shape index (κ1) is 14.8. The van der Waals surface area contributed by atoms with Gasteiger partial charge in [-0.05, 0) is 29.3 Å². The third kappa shape index (κ3) is 3.21. The maximum atomic E-state index is 12.1. The zero-order chi connectivity index (χ0) is 16.2. The topological polar surface area (TPSA) is 56.5 Å². The Balaban J connectivity index is 1.96. The SMILES string of the molecule is COC(=O)/C=C/c1ccc(-c2cc3ccccc3oc2=O)cc1. The summed E-state index contributed by atoms with van der Waals surface area (Å²) in [6, 6.07) is 16.5. The van der Waals surface area contributed by atoms with Crippen molar-refractivity contribution in [3.8, 4) is 11.1 Å². The van der Waals surface area contributed by atoms with Crippen molar-refractivity contribution in [2.24, 2.45) is 0 Å². The van der Waals surface area contributed by atoms with Crippen molar-refractivity contribution in [1.29, 1.82) is 0 Å². The van der Waals surface area contributed by atoms with E-state index in [1.165, 1.54) is 13.2 Å². The average Bonchev–Trinajstić information content (AvgIpc) is 2.59. The standard InChI is InChI=1S/C19H14O4/c1-22-18(20)11-8-13-6-9-14(10-7-13)16-12-15-4-2-3-5-17(15)23-19(16)21/h2-12H,1H3/b11-8+. The van der Waals surface area contributed by atoms with E-state index < -0.39 is 5.97 Å². The number of carbonyl (C=O) groups is 1. The van der Waals surface area contributed by atoms with Crippen LogP contribution in [-0.2, 0) is 9.53 Å². The molecule has 0 saturated carbocycles. The molecule has 1 aromatic heterocycles. The lowest BCUT2D eigenvalue weighted by atomic mass is 10.0. The summed E-state index contributed by atoms with van der Waals surface area (Å²) in [7, 11) is 1.33. The van der Waals surface area contributed by atoms with Gasteiger partial charge in [-0.1, -0.05) is 42.5 Å². The van der Waals surface area contributed by atoms with Gasteiger partial charge in [0.15, 0.2) is 0 Å². The third-order valence-corrected chi connectivity index (χ3v) is 3.48. The fourth-order valence-corrected chi connectivity index (χ4v) is 2.27. The quantitative estimate of drug-likeness (QED) is 0.421. The summed E-state index contributed by atoms with van der Waals surface area (Å²) < 4.78 is 9.88. The van der Waals surface area contributed by atoms with Crippen LogP contribution < -0.4 is 5.63 Å². The van der Waals surface area contributed by atoms with Gasteiger partial charge < -0.3 is 9.15 Å². The van der Waals surface area contributed by atoms with Crippen LogP contribution in [0.4, 0.5) is 0 Å². The molecule has 2 aromatic carbocycles. The molecule has 0 N–H and O–H groups in total. The Labute approximate surface area is 132 Å². The second-order valence-corrected chi connectivity index (χ2v) is 4.96. The molecule has 23 heavy (non-hydrogen) atoms. The number of ether oxygens (including phenoxy) is 1. The van der Waals surface area contributed by atoms with Crippen molar-refractivity contribution >= 4 is 23.0 Å². The molecule has 3 rings (SSSR count). The maximum absolute atomic E-state index is 12.1. The van der Waals surface area contributed by atoms with Crippen LogP contribution in [0.2, 0.25) is 0 Å². The molecule has 114 valence electrons. The smallest absolute Gasteiger partial charge is 0.344 e. The van der Waals surface area contributed by atoms with Gasteiger partial charge in [0.25, 0.3) is 0 Å².